The molecule has 27 heavy (non-hydrogen) atoms. The summed E-state index contributed by atoms with van der Waals surface area (Å²) in [6.07, 6.45) is 2.75. The van der Waals surface area contributed by atoms with E-state index in [0.29, 0.717) is 5.39 Å². The molecule has 1 aromatic carbocycles. The number of hydrogen-bond acceptors (Lipinski definition) is 6. The number of pyridine rings is 1. The molecule has 10 heteroatoms. The van der Waals surface area contributed by atoms with Crippen molar-refractivity contribution in [2.24, 2.45) is 7.05 Å². The van der Waals surface area contributed by atoms with Crippen molar-refractivity contribution in [2.45, 2.75) is 5.16 Å². The summed E-state index contributed by atoms with van der Waals surface area (Å²) in [6.45, 7) is 0. The lowest BCUT2D eigenvalue weighted by molar-refractivity contribution is 0.359. The third-order valence-electron chi connectivity index (χ3n) is 4.03. The lowest BCUT2D eigenvalue weighted by Gasteiger charge is -2.14. The Balaban J connectivity index is 2.40. The third kappa shape index (κ3) is 3.05. The van der Waals surface area contributed by atoms with Crippen molar-refractivity contribution in [3.8, 4) is 22.6 Å². The van der Waals surface area contributed by atoms with Crippen LogP contribution in [0, 0.1) is 11.6 Å². The van der Waals surface area contributed by atoms with Crippen molar-refractivity contribution in [3.05, 3.63) is 40.3 Å². The van der Waals surface area contributed by atoms with Gasteiger partial charge in [-0.3, -0.25) is 13.6 Å². The quantitative estimate of drug-likeness (QED) is 0.629. The monoisotopic (exact) mass is 395 g/mol. The average Bonchev–Trinajstić information content (AvgIpc) is 2.65. The molecule has 1 unspecified atom stereocenters. The van der Waals surface area contributed by atoms with Gasteiger partial charge in [-0.25, -0.2) is 18.7 Å². The molecule has 0 saturated heterocycles. The first-order chi connectivity index (χ1) is 12.8. The molecular formula is C17H15F2N3O4S. The minimum Gasteiger partial charge on any atom is -0.494 e. The normalized spacial score (nSPS) is 12.2. The van der Waals surface area contributed by atoms with Gasteiger partial charge in [0.25, 0.3) is 5.56 Å². The summed E-state index contributed by atoms with van der Waals surface area (Å²) in [7, 11) is 2.39. The Labute approximate surface area is 155 Å². The molecular weight excluding hydrogens is 380 g/mol. The SMILES string of the molecule is COc1cc(OC)c(F)c(-c2cc3cnc(S(C)=O)nc3n(C)c2=O)c1F. The van der Waals surface area contributed by atoms with Crippen LogP contribution in [0.4, 0.5) is 8.78 Å². The van der Waals surface area contributed by atoms with Crippen LogP contribution in [0.1, 0.15) is 0 Å². The van der Waals surface area contributed by atoms with Gasteiger partial charge in [-0.1, -0.05) is 0 Å². The van der Waals surface area contributed by atoms with E-state index in [1.807, 2.05) is 0 Å². The highest BCUT2D eigenvalue weighted by molar-refractivity contribution is 7.84. The molecule has 7 nitrogen and oxygen atoms in total. The van der Waals surface area contributed by atoms with Crippen LogP contribution < -0.4 is 15.0 Å². The molecule has 3 aromatic rings. The Bertz CT molecular complexity index is 1120. The first-order valence-electron chi connectivity index (χ1n) is 7.60. The second-order valence-electron chi connectivity index (χ2n) is 5.59. The van der Waals surface area contributed by atoms with Crippen LogP contribution in [0.5, 0.6) is 11.5 Å². The van der Waals surface area contributed by atoms with Crippen LogP contribution >= 0.6 is 0 Å². The number of aromatic nitrogens is 3. The molecule has 0 bridgehead atoms. The predicted molar refractivity (Wildman–Crippen MR) is 95.6 cm³/mol. The van der Waals surface area contributed by atoms with Gasteiger partial charge >= 0.3 is 0 Å². The molecule has 0 aliphatic carbocycles. The van der Waals surface area contributed by atoms with Gasteiger partial charge < -0.3 is 9.47 Å². The van der Waals surface area contributed by atoms with Gasteiger partial charge in [0.15, 0.2) is 23.1 Å². The maximum Gasteiger partial charge on any atom is 0.260 e. The zero-order valence-corrected chi connectivity index (χ0v) is 15.7. The summed E-state index contributed by atoms with van der Waals surface area (Å²) in [5.41, 5.74) is -1.32. The fourth-order valence-corrected chi connectivity index (χ4v) is 3.09. The van der Waals surface area contributed by atoms with Crippen LogP contribution in [-0.2, 0) is 17.8 Å². The van der Waals surface area contributed by atoms with Crippen molar-refractivity contribution < 1.29 is 22.5 Å². The Kier molecular flexibility index (Phi) is 4.92. The number of rotatable bonds is 4. The standard InChI is InChI=1S/C17H15F2N3O4S/c1-22-15-8(7-20-17(21-15)27(4)24)5-9(16(22)23)12-13(18)10(25-2)6-11(26-3)14(12)19/h5-7H,1-4H3. The zero-order chi connectivity index (χ0) is 19.9. The van der Waals surface area contributed by atoms with Crippen LogP contribution in [0.15, 0.2) is 28.3 Å². The summed E-state index contributed by atoms with van der Waals surface area (Å²) in [4.78, 5) is 20.8. The summed E-state index contributed by atoms with van der Waals surface area (Å²) in [5.74, 6) is -2.59. The van der Waals surface area contributed by atoms with Gasteiger partial charge in [-0.15, -0.1) is 0 Å². The van der Waals surface area contributed by atoms with E-state index < -0.39 is 33.6 Å². The van der Waals surface area contributed by atoms with E-state index in [1.54, 1.807) is 0 Å². The van der Waals surface area contributed by atoms with Crippen molar-refractivity contribution in [3.63, 3.8) is 0 Å². The van der Waals surface area contributed by atoms with Crippen LogP contribution in [0.2, 0.25) is 0 Å². The number of benzene rings is 1. The number of methoxy groups -OCH3 is 2. The first-order valence-corrected chi connectivity index (χ1v) is 9.16. The third-order valence-corrected chi connectivity index (χ3v) is 4.74. The Morgan fingerprint density at radius 2 is 1.70 bits per heavy atom. The minimum absolute atomic E-state index is 0.0469. The molecule has 0 aliphatic rings. The maximum atomic E-state index is 14.8. The second-order valence-corrected chi connectivity index (χ2v) is 6.87. The van der Waals surface area contributed by atoms with Gasteiger partial charge in [0.05, 0.1) is 36.1 Å². The van der Waals surface area contributed by atoms with Crippen molar-refractivity contribution >= 4 is 21.8 Å². The topological polar surface area (TPSA) is 83.3 Å². The molecule has 0 radical (unpaired) electrons. The number of nitrogens with zero attached hydrogens (tertiary/aromatic N) is 3. The molecule has 2 aromatic heterocycles. The van der Waals surface area contributed by atoms with Crippen LogP contribution in [-0.4, -0.2) is 39.2 Å². The summed E-state index contributed by atoms with van der Waals surface area (Å²) in [6, 6.07) is 2.34. The van der Waals surface area contributed by atoms with E-state index in [-0.39, 0.29) is 27.9 Å². The van der Waals surface area contributed by atoms with Gasteiger partial charge in [0.1, 0.15) is 5.65 Å². The van der Waals surface area contributed by atoms with E-state index >= 15 is 0 Å². The number of aryl methyl sites for hydroxylation is 1. The lowest BCUT2D eigenvalue weighted by atomic mass is 10.0. The molecule has 0 aliphatic heterocycles. The Morgan fingerprint density at radius 1 is 1.11 bits per heavy atom. The number of halogens is 2. The van der Waals surface area contributed by atoms with Gasteiger partial charge in [0.2, 0.25) is 5.16 Å². The minimum atomic E-state index is -1.45. The average molecular weight is 395 g/mol. The Hall–Kier alpha value is -2.88. The highest BCUT2D eigenvalue weighted by atomic mass is 32.2. The zero-order valence-electron chi connectivity index (χ0n) is 14.9. The van der Waals surface area contributed by atoms with Crippen molar-refractivity contribution in [2.75, 3.05) is 20.5 Å². The summed E-state index contributed by atoms with van der Waals surface area (Å²) >= 11 is 0. The predicted octanol–water partition coefficient (Wildman–Crippen LogP) is 2.03. The fourth-order valence-electron chi connectivity index (χ4n) is 2.67. The highest BCUT2D eigenvalue weighted by Gasteiger charge is 2.24. The number of fused-ring (bicyclic) bond motifs is 1. The number of hydrogen-bond donors (Lipinski definition) is 0. The van der Waals surface area contributed by atoms with Crippen molar-refractivity contribution in [1.82, 2.24) is 14.5 Å². The van der Waals surface area contributed by atoms with Crippen LogP contribution in [0.25, 0.3) is 22.2 Å². The second kappa shape index (κ2) is 7.03. The molecule has 3 rings (SSSR count). The van der Waals surface area contributed by atoms with E-state index in [9.17, 15) is 17.8 Å². The smallest absolute Gasteiger partial charge is 0.260 e. The summed E-state index contributed by atoms with van der Waals surface area (Å²) in [5, 5.41) is 0.396. The fraction of sp³-hybridized carbons (Fsp3) is 0.235. The first kappa shape index (κ1) is 18.9. The molecule has 0 N–H and O–H groups in total. The van der Waals surface area contributed by atoms with Gasteiger partial charge in [-0.05, 0) is 6.07 Å². The van der Waals surface area contributed by atoms with Gasteiger partial charge in [-0.2, -0.15) is 0 Å². The van der Waals surface area contributed by atoms with Gasteiger partial charge in [0, 0.05) is 31.0 Å². The molecule has 0 spiro atoms. The highest BCUT2D eigenvalue weighted by Crippen LogP contribution is 2.37. The van der Waals surface area contributed by atoms with E-state index in [4.69, 9.17) is 9.47 Å². The molecule has 0 fully saturated rings. The van der Waals surface area contributed by atoms with E-state index in [0.717, 1.165) is 10.6 Å². The molecule has 0 saturated carbocycles. The maximum absolute atomic E-state index is 14.8. The van der Waals surface area contributed by atoms with Crippen molar-refractivity contribution in [1.29, 1.82) is 0 Å². The lowest BCUT2D eigenvalue weighted by Crippen LogP contribution is -2.21. The summed E-state index contributed by atoms with van der Waals surface area (Å²) < 4.78 is 52.1. The Morgan fingerprint density at radius 3 is 2.22 bits per heavy atom. The van der Waals surface area contributed by atoms with E-state index in [2.05, 4.69) is 9.97 Å². The molecule has 142 valence electrons. The largest absolute Gasteiger partial charge is 0.494 e. The molecule has 0 amide bonds. The molecule has 1 atom stereocenters. The number of ether oxygens (including phenoxy) is 2. The molecule has 2 heterocycles. The van der Waals surface area contributed by atoms with E-state index in [1.165, 1.54) is 39.8 Å². The van der Waals surface area contributed by atoms with Crippen LogP contribution in [0.3, 0.4) is 0 Å².